The minimum Gasteiger partial charge on any atom is -0.480 e. The molecule has 0 aliphatic carbocycles. The van der Waals surface area contributed by atoms with E-state index in [1.54, 1.807) is 16.7 Å². The minimum absolute atomic E-state index is 0.0000247. The van der Waals surface area contributed by atoms with E-state index in [-0.39, 0.29) is 17.0 Å². The first-order chi connectivity index (χ1) is 10.1. The third-order valence-electron chi connectivity index (χ3n) is 3.31. The summed E-state index contributed by atoms with van der Waals surface area (Å²) >= 11 is 3.03. The third kappa shape index (κ3) is 4.17. The molecule has 21 heavy (non-hydrogen) atoms. The lowest BCUT2D eigenvalue weighted by molar-refractivity contribution is -0.148. The summed E-state index contributed by atoms with van der Waals surface area (Å²) in [6, 6.07) is 9.01. The monoisotopic (exact) mass is 325 g/mol. The number of carboxylic acids is 1. The van der Waals surface area contributed by atoms with Crippen molar-refractivity contribution in [2.24, 2.45) is 0 Å². The summed E-state index contributed by atoms with van der Waals surface area (Å²) in [7, 11) is 0. The van der Waals surface area contributed by atoms with E-state index in [9.17, 15) is 14.7 Å². The Morgan fingerprint density at radius 3 is 2.71 bits per heavy atom. The highest BCUT2D eigenvalue weighted by Gasteiger charge is 2.40. The van der Waals surface area contributed by atoms with Gasteiger partial charge in [-0.1, -0.05) is 31.5 Å². The van der Waals surface area contributed by atoms with Crippen molar-refractivity contribution in [2.45, 2.75) is 36.1 Å². The molecule has 2 rings (SSSR count). The van der Waals surface area contributed by atoms with Crippen molar-refractivity contribution in [2.75, 3.05) is 11.5 Å². The number of amides is 1. The SMILES string of the molecule is CCCC1SCC(C(=O)O)N1C(=O)CSc1ccccc1. The number of benzene rings is 1. The van der Waals surface area contributed by atoms with Crippen LogP contribution in [0.3, 0.4) is 0 Å². The molecule has 1 aromatic rings. The number of carbonyl (C=O) groups excluding carboxylic acids is 1. The largest absolute Gasteiger partial charge is 0.480 e. The van der Waals surface area contributed by atoms with Gasteiger partial charge in [-0.05, 0) is 18.6 Å². The van der Waals surface area contributed by atoms with E-state index in [1.807, 2.05) is 30.3 Å². The molecule has 2 atom stereocenters. The summed E-state index contributed by atoms with van der Waals surface area (Å²) < 4.78 is 0. The van der Waals surface area contributed by atoms with Gasteiger partial charge in [0.25, 0.3) is 0 Å². The summed E-state index contributed by atoms with van der Waals surface area (Å²) in [5.41, 5.74) is 0. The Hall–Kier alpha value is -1.14. The lowest BCUT2D eigenvalue weighted by Crippen LogP contribution is -2.46. The zero-order chi connectivity index (χ0) is 15.2. The van der Waals surface area contributed by atoms with Crippen LogP contribution in [0.1, 0.15) is 19.8 Å². The standard InChI is InChI=1S/C15H19NO3S2/c1-2-6-14-16(12(9-21-14)15(18)19)13(17)10-20-11-7-4-3-5-8-11/h3-5,7-8,12,14H,2,6,9-10H2,1H3,(H,18,19). The second kappa shape index (κ2) is 7.75. The van der Waals surface area contributed by atoms with Crippen molar-refractivity contribution < 1.29 is 14.7 Å². The Morgan fingerprint density at radius 2 is 2.10 bits per heavy atom. The molecule has 1 aliphatic heterocycles. The topological polar surface area (TPSA) is 57.6 Å². The lowest BCUT2D eigenvalue weighted by Gasteiger charge is -2.27. The smallest absolute Gasteiger partial charge is 0.327 e. The van der Waals surface area contributed by atoms with Gasteiger partial charge in [0.1, 0.15) is 6.04 Å². The zero-order valence-corrected chi connectivity index (χ0v) is 13.5. The quantitative estimate of drug-likeness (QED) is 0.815. The average Bonchev–Trinajstić information content (AvgIpc) is 2.90. The normalized spacial score (nSPS) is 21.5. The van der Waals surface area contributed by atoms with Gasteiger partial charge < -0.3 is 10.0 Å². The Labute approximate surface area is 133 Å². The van der Waals surface area contributed by atoms with Gasteiger partial charge in [0.15, 0.2) is 0 Å². The molecule has 0 spiro atoms. The van der Waals surface area contributed by atoms with Crippen LogP contribution >= 0.6 is 23.5 Å². The van der Waals surface area contributed by atoms with Crippen molar-refractivity contribution in [1.29, 1.82) is 0 Å². The van der Waals surface area contributed by atoms with Gasteiger partial charge in [0, 0.05) is 10.6 Å². The van der Waals surface area contributed by atoms with Gasteiger partial charge in [0.2, 0.25) is 5.91 Å². The second-order valence-corrected chi connectivity index (χ2v) is 7.09. The molecule has 4 nitrogen and oxygen atoms in total. The highest BCUT2D eigenvalue weighted by Crippen LogP contribution is 2.33. The van der Waals surface area contributed by atoms with Crippen LogP contribution < -0.4 is 0 Å². The van der Waals surface area contributed by atoms with Crippen LogP contribution in [0.2, 0.25) is 0 Å². The molecule has 1 saturated heterocycles. The van der Waals surface area contributed by atoms with Crippen LogP contribution in [0.5, 0.6) is 0 Å². The molecule has 1 N–H and O–H groups in total. The molecule has 1 aromatic carbocycles. The number of carboxylic acid groups (broad SMARTS) is 1. The summed E-state index contributed by atoms with van der Waals surface area (Å²) in [5.74, 6) is -0.213. The highest BCUT2D eigenvalue weighted by molar-refractivity contribution is 8.00. The van der Waals surface area contributed by atoms with Crippen molar-refractivity contribution in [3.63, 3.8) is 0 Å². The van der Waals surface area contributed by atoms with E-state index in [4.69, 9.17) is 0 Å². The molecule has 1 fully saturated rings. The molecule has 1 aliphatic rings. The average molecular weight is 325 g/mol. The van der Waals surface area contributed by atoms with Crippen LogP contribution in [-0.4, -0.2) is 44.8 Å². The summed E-state index contributed by atoms with van der Waals surface area (Å²) in [6.45, 7) is 2.05. The van der Waals surface area contributed by atoms with Crippen LogP contribution in [0.25, 0.3) is 0 Å². The van der Waals surface area contributed by atoms with Gasteiger partial charge in [-0.15, -0.1) is 23.5 Å². The molecule has 1 amide bonds. The summed E-state index contributed by atoms with van der Waals surface area (Å²) in [5, 5.41) is 9.29. The molecule has 2 unspecified atom stereocenters. The van der Waals surface area contributed by atoms with E-state index >= 15 is 0 Å². The number of rotatable bonds is 6. The highest BCUT2D eigenvalue weighted by atomic mass is 32.2. The van der Waals surface area contributed by atoms with Gasteiger partial charge >= 0.3 is 5.97 Å². The van der Waals surface area contributed by atoms with Gasteiger partial charge in [-0.2, -0.15) is 0 Å². The van der Waals surface area contributed by atoms with Gasteiger partial charge in [0.05, 0.1) is 11.1 Å². The number of hydrogen-bond acceptors (Lipinski definition) is 4. The third-order valence-corrected chi connectivity index (χ3v) is 5.66. The minimum atomic E-state index is -0.904. The first kappa shape index (κ1) is 16.2. The van der Waals surface area contributed by atoms with Crippen molar-refractivity contribution in [3.05, 3.63) is 30.3 Å². The summed E-state index contributed by atoms with van der Waals surface area (Å²) in [6.07, 6.45) is 1.79. The fraction of sp³-hybridized carbons (Fsp3) is 0.467. The number of carbonyl (C=O) groups is 2. The fourth-order valence-electron chi connectivity index (χ4n) is 2.29. The number of thioether (sulfide) groups is 2. The van der Waals surface area contributed by atoms with Crippen LogP contribution in [0.15, 0.2) is 35.2 Å². The van der Waals surface area contributed by atoms with E-state index in [0.29, 0.717) is 5.75 Å². The van der Waals surface area contributed by atoms with Crippen molar-refractivity contribution in [3.8, 4) is 0 Å². The van der Waals surface area contributed by atoms with Gasteiger partial charge in [-0.3, -0.25) is 4.79 Å². The number of nitrogens with zero attached hydrogens (tertiary/aromatic N) is 1. The second-order valence-electron chi connectivity index (χ2n) is 4.83. The molecule has 0 saturated carbocycles. The number of aliphatic carboxylic acids is 1. The van der Waals surface area contributed by atoms with Crippen molar-refractivity contribution in [1.82, 2.24) is 4.90 Å². The van der Waals surface area contributed by atoms with Gasteiger partial charge in [-0.25, -0.2) is 4.79 Å². The molecule has 0 aromatic heterocycles. The maximum absolute atomic E-state index is 12.4. The molecular formula is C15H19NO3S2. The maximum Gasteiger partial charge on any atom is 0.327 e. The maximum atomic E-state index is 12.4. The lowest BCUT2D eigenvalue weighted by atomic mass is 10.2. The summed E-state index contributed by atoms with van der Waals surface area (Å²) in [4.78, 5) is 26.4. The van der Waals surface area contributed by atoms with E-state index in [2.05, 4.69) is 6.92 Å². The molecule has 114 valence electrons. The first-order valence-corrected chi connectivity index (χ1v) is 9.00. The zero-order valence-electron chi connectivity index (χ0n) is 11.9. The van der Waals surface area contributed by atoms with Crippen LogP contribution in [0, 0.1) is 0 Å². The van der Waals surface area contributed by atoms with Crippen LogP contribution in [0.4, 0.5) is 0 Å². The Kier molecular flexibility index (Phi) is 5.99. The predicted octanol–water partition coefficient (Wildman–Crippen LogP) is 2.93. The van der Waals surface area contributed by atoms with E-state index < -0.39 is 12.0 Å². The predicted molar refractivity (Wildman–Crippen MR) is 86.6 cm³/mol. The molecule has 1 heterocycles. The Balaban J connectivity index is 2.01. The Bertz CT molecular complexity index is 495. The van der Waals surface area contributed by atoms with Crippen LogP contribution in [-0.2, 0) is 9.59 Å². The molecule has 0 bridgehead atoms. The molecular weight excluding hydrogens is 306 g/mol. The molecule has 0 radical (unpaired) electrons. The Morgan fingerprint density at radius 1 is 1.38 bits per heavy atom. The fourth-order valence-corrected chi connectivity index (χ4v) is 4.62. The first-order valence-electron chi connectivity index (χ1n) is 6.97. The van der Waals surface area contributed by atoms with E-state index in [0.717, 1.165) is 17.7 Å². The number of hydrogen-bond donors (Lipinski definition) is 1. The van der Waals surface area contributed by atoms with E-state index in [1.165, 1.54) is 11.8 Å². The molecule has 6 heteroatoms. The van der Waals surface area contributed by atoms with Crippen molar-refractivity contribution >= 4 is 35.4 Å².